The van der Waals surface area contributed by atoms with Crippen molar-refractivity contribution in [2.24, 2.45) is 0 Å². The summed E-state index contributed by atoms with van der Waals surface area (Å²) >= 11 is -0.238. The maximum Gasteiger partial charge on any atom is 0.446 e. The number of pyridine rings is 1. The third kappa shape index (κ3) is 3.64. The lowest BCUT2D eigenvalue weighted by atomic mass is 10.2. The van der Waals surface area contributed by atoms with Crippen molar-refractivity contribution in [1.29, 1.82) is 0 Å². The smallest absolute Gasteiger partial charge is 0.283 e. The van der Waals surface area contributed by atoms with Gasteiger partial charge in [-0.2, -0.15) is 13.2 Å². The molecule has 0 unspecified atom stereocenters. The predicted molar refractivity (Wildman–Crippen MR) is 68.7 cm³/mol. The Bertz CT molecular complexity index is 632. The van der Waals surface area contributed by atoms with Crippen molar-refractivity contribution >= 4 is 11.8 Å². The van der Waals surface area contributed by atoms with Crippen LogP contribution in [0.4, 0.5) is 13.2 Å². The van der Waals surface area contributed by atoms with Crippen LogP contribution in [0.15, 0.2) is 52.3 Å². The fraction of sp³-hybridized carbons (Fsp3) is 0.154. The monoisotopic (exact) mass is 285 g/mol. The highest BCUT2D eigenvalue weighted by Gasteiger charge is 2.29. The number of benzene rings is 1. The molecule has 100 valence electrons. The molecule has 0 radical (unpaired) electrons. The maximum atomic E-state index is 12.3. The molecule has 0 aliphatic heterocycles. The summed E-state index contributed by atoms with van der Waals surface area (Å²) in [5.41, 5.74) is -3.18. The highest BCUT2D eigenvalue weighted by molar-refractivity contribution is 8.00. The lowest BCUT2D eigenvalue weighted by molar-refractivity contribution is -0.0328. The van der Waals surface area contributed by atoms with E-state index in [0.717, 1.165) is 11.6 Å². The van der Waals surface area contributed by atoms with Crippen LogP contribution in [0, 0.1) is 6.92 Å². The van der Waals surface area contributed by atoms with Crippen LogP contribution in [0.3, 0.4) is 0 Å². The molecule has 2 aromatic rings. The zero-order valence-electron chi connectivity index (χ0n) is 9.94. The van der Waals surface area contributed by atoms with E-state index >= 15 is 0 Å². The Morgan fingerprint density at radius 1 is 1.05 bits per heavy atom. The maximum absolute atomic E-state index is 12.3. The van der Waals surface area contributed by atoms with Gasteiger partial charge in [-0.1, -0.05) is 17.7 Å². The predicted octanol–water partition coefficient (Wildman–Crippen LogP) is 3.76. The van der Waals surface area contributed by atoms with Crippen LogP contribution in [0.25, 0.3) is 5.69 Å². The van der Waals surface area contributed by atoms with Crippen molar-refractivity contribution in [2.45, 2.75) is 17.3 Å². The lowest BCUT2D eigenvalue weighted by Gasteiger charge is -2.09. The zero-order valence-corrected chi connectivity index (χ0v) is 10.8. The molecule has 0 amide bonds. The average molecular weight is 285 g/mol. The summed E-state index contributed by atoms with van der Waals surface area (Å²) in [6.07, 6.45) is 1.20. The van der Waals surface area contributed by atoms with Gasteiger partial charge in [-0.25, -0.2) is 0 Å². The summed E-state index contributed by atoms with van der Waals surface area (Å²) in [5.74, 6) is 0. The number of hydrogen-bond acceptors (Lipinski definition) is 2. The Morgan fingerprint density at radius 2 is 1.68 bits per heavy atom. The number of nitrogens with zero attached hydrogens (tertiary/aromatic N) is 1. The molecule has 0 saturated heterocycles. The molecule has 2 nitrogen and oxygen atoms in total. The van der Waals surface area contributed by atoms with Gasteiger partial charge in [0, 0.05) is 22.8 Å². The Labute approximate surface area is 111 Å². The Kier molecular flexibility index (Phi) is 3.71. The van der Waals surface area contributed by atoms with Crippen molar-refractivity contribution in [3.63, 3.8) is 0 Å². The SMILES string of the molecule is Cc1ccc(-n2cc(SC(F)(F)F)ccc2=O)cc1. The molecular formula is C13H10F3NOS. The Balaban J connectivity index is 2.43. The molecule has 0 spiro atoms. The van der Waals surface area contributed by atoms with Crippen LogP contribution in [-0.2, 0) is 0 Å². The van der Waals surface area contributed by atoms with Crippen LogP contribution in [0.5, 0.6) is 0 Å². The second-order valence-corrected chi connectivity index (χ2v) is 5.09. The highest BCUT2D eigenvalue weighted by Crippen LogP contribution is 2.36. The minimum Gasteiger partial charge on any atom is -0.283 e. The van der Waals surface area contributed by atoms with Gasteiger partial charge in [0.05, 0.1) is 0 Å². The van der Waals surface area contributed by atoms with E-state index in [-0.39, 0.29) is 22.2 Å². The first-order valence-electron chi connectivity index (χ1n) is 5.41. The third-order valence-electron chi connectivity index (χ3n) is 2.43. The average Bonchev–Trinajstić information content (AvgIpc) is 2.31. The molecule has 0 N–H and O–H groups in total. The van der Waals surface area contributed by atoms with Crippen LogP contribution in [-0.4, -0.2) is 10.1 Å². The van der Waals surface area contributed by atoms with Crippen LogP contribution in [0.2, 0.25) is 0 Å². The zero-order chi connectivity index (χ0) is 14.0. The minimum absolute atomic E-state index is 0.0207. The lowest BCUT2D eigenvalue weighted by Crippen LogP contribution is -2.16. The molecule has 1 aromatic carbocycles. The van der Waals surface area contributed by atoms with E-state index in [2.05, 4.69) is 0 Å². The molecule has 0 saturated carbocycles. The van der Waals surface area contributed by atoms with Gasteiger partial charge in [-0.05, 0) is 36.9 Å². The Morgan fingerprint density at radius 3 is 2.26 bits per heavy atom. The third-order valence-corrected chi connectivity index (χ3v) is 3.14. The van der Waals surface area contributed by atoms with Gasteiger partial charge in [0.15, 0.2) is 0 Å². The van der Waals surface area contributed by atoms with Crippen molar-refractivity contribution in [1.82, 2.24) is 4.57 Å². The van der Waals surface area contributed by atoms with Gasteiger partial charge in [-0.3, -0.25) is 9.36 Å². The summed E-state index contributed by atoms with van der Waals surface area (Å²) in [5, 5.41) is 0. The highest BCUT2D eigenvalue weighted by atomic mass is 32.2. The number of aromatic nitrogens is 1. The molecule has 0 bridgehead atoms. The molecule has 2 rings (SSSR count). The van der Waals surface area contributed by atoms with Gasteiger partial charge in [0.25, 0.3) is 5.56 Å². The standard InChI is InChI=1S/C13H10F3NOS/c1-9-2-4-10(5-3-9)17-8-11(6-7-12(17)18)19-13(14,15)16/h2-8H,1H3. The molecule has 0 atom stereocenters. The first kappa shape index (κ1) is 13.7. The number of thioether (sulfide) groups is 1. The van der Waals surface area contributed by atoms with Crippen LogP contribution in [0.1, 0.15) is 5.56 Å². The summed E-state index contributed by atoms with van der Waals surface area (Å²) in [4.78, 5) is 11.7. The second kappa shape index (κ2) is 5.13. The first-order chi connectivity index (χ1) is 8.85. The van der Waals surface area contributed by atoms with E-state index in [4.69, 9.17) is 0 Å². The van der Waals surface area contributed by atoms with Crippen LogP contribution < -0.4 is 5.56 Å². The molecule has 6 heteroatoms. The van der Waals surface area contributed by atoms with E-state index in [1.54, 1.807) is 24.3 Å². The second-order valence-electron chi connectivity index (χ2n) is 3.96. The van der Waals surface area contributed by atoms with E-state index in [1.807, 2.05) is 6.92 Å². The van der Waals surface area contributed by atoms with E-state index in [1.165, 1.54) is 16.8 Å². The van der Waals surface area contributed by atoms with Crippen molar-refractivity contribution in [2.75, 3.05) is 0 Å². The van der Waals surface area contributed by atoms with Gasteiger partial charge in [0.2, 0.25) is 0 Å². The molecule has 0 aliphatic rings. The topological polar surface area (TPSA) is 22.0 Å². The summed E-state index contributed by atoms with van der Waals surface area (Å²) in [6.45, 7) is 1.89. The molecule has 0 aliphatic carbocycles. The molecule has 1 aromatic heterocycles. The molecule has 0 fully saturated rings. The molecule has 19 heavy (non-hydrogen) atoms. The number of halogens is 3. The largest absolute Gasteiger partial charge is 0.446 e. The fourth-order valence-corrected chi connectivity index (χ4v) is 2.13. The quantitative estimate of drug-likeness (QED) is 0.784. The van der Waals surface area contributed by atoms with Gasteiger partial charge in [-0.15, -0.1) is 0 Å². The number of hydrogen-bond donors (Lipinski definition) is 0. The first-order valence-corrected chi connectivity index (χ1v) is 6.22. The van der Waals surface area contributed by atoms with Crippen molar-refractivity contribution in [3.05, 3.63) is 58.5 Å². The van der Waals surface area contributed by atoms with Crippen LogP contribution >= 0.6 is 11.8 Å². The van der Waals surface area contributed by atoms with Gasteiger partial charge < -0.3 is 0 Å². The Hall–Kier alpha value is -1.69. The van der Waals surface area contributed by atoms with Crippen molar-refractivity contribution in [3.8, 4) is 5.69 Å². The van der Waals surface area contributed by atoms with E-state index < -0.39 is 5.51 Å². The van der Waals surface area contributed by atoms with E-state index in [0.29, 0.717) is 5.69 Å². The molecular weight excluding hydrogens is 275 g/mol. The molecule has 1 heterocycles. The summed E-state index contributed by atoms with van der Waals surface area (Å²) in [6, 6.07) is 9.29. The fourth-order valence-electron chi connectivity index (χ4n) is 1.57. The van der Waals surface area contributed by atoms with E-state index in [9.17, 15) is 18.0 Å². The van der Waals surface area contributed by atoms with Gasteiger partial charge >= 0.3 is 5.51 Å². The van der Waals surface area contributed by atoms with Gasteiger partial charge in [0.1, 0.15) is 0 Å². The normalized spacial score (nSPS) is 11.6. The number of aryl methyl sites for hydroxylation is 1. The number of alkyl halides is 3. The number of rotatable bonds is 2. The minimum atomic E-state index is -4.37. The summed E-state index contributed by atoms with van der Waals surface area (Å²) < 4.78 is 38.1. The van der Waals surface area contributed by atoms with Crippen molar-refractivity contribution < 1.29 is 13.2 Å². The summed E-state index contributed by atoms with van der Waals surface area (Å²) in [7, 11) is 0.